The first-order chi connectivity index (χ1) is 21.2. The molecule has 2 N–H and O–H groups in total. The molecule has 3 aromatic heterocycles. The van der Waals surface area contributed by atoms with Gasteiger partial charge in [0.1, 0.15) is 17.4 Å². The zero-order chi connectivity index (χ0) is 31.0. The van der Waals surface area contributed by atoms with Crippen molar-refractivity contribution in [3.63, 3.8) is 0 Å². The molecule has 14 heteroatoms. The molecule has 3 aromatic carbocycles. The number of nitrogens with zero attached hydrogens (tertiary/aromatic N) is 4. The number of hydrogen-bond donors (Lipinski definition) is 2. The largest absolute Gasteiger partial charge is 0.497 e. The second-order valence-electron chi connectivity index (χ2n) is 9.60. The molecule has 0 amide bonds. The van der Waals surface area contributed by atoms with E-state index in [4.69, 9.17) is 21.1 Å². The van der Waals surface area contributed by atoms with E-state index in [1.165, 1.54) is 37.6 Å². The summed E-state index contributed by atoms with van der Waals surface area (Å²) in [5.74, 6) is -1.15. The number of nitrogens with one attached hydrogen (secondary N) is 2. The first-order valence-corrected chi connectivity index (χ1v) is 14.9. The predicted molar refractivity (Wildman–Crippen MR) is 161 cm³/mol. The quantitative estimate of drug-likeness (QED) is 0.191. The normalized spacial score (nSPS) is 11.6. The lowest BCUT2D eigenvalue weighted by Gasteiger charge is -2.11. The Morgan fingerprint density at radius 2 is 1.77 bits per heavy atom. The summed E-state index contributed by atoms with van der Waals surface area (Å²) < 4.78 is 70.8. The number of aromatic nitrogens is 5. The van der Waals surface area contributed by atoms with E-state index >= 15 is 4.39 Å². The molecule has 6 rings (SSSR count). The highest BCUT2D eigenvalue weighted by molar-refractivity contribution is 7.92. The summed E-state index contributed by atoms with van der Waals surface area (Å²) in [6.45, 7) is 0.431. The molecule has 0 aliphatic heterocycles. The molecule has 10 nitrogen and oxygen atoms in total. The van der Waals surface area contributed by atoms with Crippen molar-refractivity contribution in [2.24, 2.45) is 0 Å². The number of ether oxygens (including phenoxy) is 2. The fraction of sp³-hybridized carbons (Fsp3) is 0.100. The van der Waals surface area contributed by atoms with Crippen LogP contribution >= 0.6 is 11.6 Å². The number of H-pyrrole nitrogens is 1. The topological polar surface area (TPSA) is 124 Å². The van der Waals surface area contributed by atoms with Gasteiger partial charge in [-0.3, -0.25) is 4.72 Å². The Balaban J connectivity index is 1.31. The molecule has 0 spiro atoms. The van der Waals surface area contributed by atoms with Crippen LogP contribution in [-0.4, -0.2) is 47.4 Å². The first-order valence-electron chi connectivity index (χ1n) is 13.0. The van der Waals surface area contributed by atoms with Crippen molar-refractivity contribution in [3.8, 4) is 34.3 Å². The van der Waals surface area contributed by atoms with Crippen molar-refractivity contribution >= 4 is 38.3 Å². The number of methoxy groups -OCH3 is 2. The van der Waals surface area contributed by atoms with E-state index in [2.05, 4.69) is 24.8 Å². The number of halogens is 3. The van der Waals surface area contributed by atoms with Crippen molar-refractivity contribution in [1.29, 1.82) is 0 Å². The van der Waals surface area contributed by atoms with Gasteiger partial charge in [0.15, 0.2) is 11.5 Å². The highest BCUT2D eigenvalue weighted by Crippen LogP contribution is 2.33. The van der Waals surface area contributed by atoms with E-state index in [0.717, 1.165) is 23.4 Å². The molecule has 0 bridgehead atoms. The second-order valence-corrected chi connectivity index (χ2v) is 11.7. The molecular weight excluding hydrogens is 614 g/mol. The molecular formula is C30H23ClF2N6O4S. The Bertz CT molecular complexity index is 2120. The molecule has 0 unspecified atom stereocenters. The zero-order valence-corrected chi connectivity index (χ0v) is 24.7. The summed E-state index contributed by atoms with van der Waals surface area (Å²) >= 11 is 5.91. The minimum atomic E-state index is -4.22. The van der Waals surface area contributed by atoms with Crippen LogP contribution in [-0.2, 0) is 16.6 Å². The molecule has 224 valence electrons. The maximum atomic E-state index is 15.6. The third-order valence-corrected chi connectivity index (χ3v) is 8.40. The van der Waals surface area contributed by atoms with Gasteiger partial charge in [-0.1, -0.05) is 29.8 Å². The lowest BCUT2D eigenvalue weighted by atomic mass is 10.1. The Morgan fingerprint density at radius 1 is 0.977 bits per heavy atom. The Hall–Kier alpha value is -5.01. The van der Waals surface area contributed by atoms with E-state index in [9.17, 15) is 12.8 Å². The third-order valence-electron chi connectivity index (χ3n) is 6.80. The Morgan fingerprint density at radius 3 is 2.50 bits per heavy atom. The fourth-order valence-electron chi connectivity index (χ4n) is 4.62. The molecule has 0 radical (unpaired) electrons. The van der Waals surface area contributed by atoms with Crippen LogP contribution in [0.3, 0.4) is 0 Å². The Kier molecular flexibility index (Phi) is 7.66. The number of rotatable bonds is 9. The SMILES string of the molecule is COc1ccc(Cn2nc(OC)c3cc(-c4cnc(-c5c(F)ccc(NS(=O)(=O)c6cccc(Cl)c6)c5F)[nH]4)cnc32)cc1. The van der Waals surface area contributed by atoms with Crippen molar-refractivity contribution in [1.82, 2.24) is 24.7 Å². The maximum Gasteiger partial charge on any atom is 0.262 e. The van der Waals surface area contributed by atoms with Gasteiger partial charge >= 0.3 is 0 Å². The molecule has 0 saturated heterocycles. The molecule has 44 heavy (non-hydrogen) atoms. The molecule has 0 saturated carbocycles. The average molecular weight is 637 g/mol. The molecule has 6 aromatic rings. The molecule has 0 fully saturated rings. The van der Waals surface area contributed by atoms with Gasteiger partial charge in [-0.25, -0.2) is 31.8 Å². The van der Waals surface area contributed by atoms with E-state index < -0.39 is 32.9 Å². The standard InChI is InChI=1S/C30H23ClF2N6O4S/c1-42-20-8-6-17(7-9-20)16-39-29-22(30(37-39)43-2)12-18(14-35-29)25-15-34-28(36-25)26-23(32)10-11-24(27(26)33)38-44(40,41)21-5-3-4-19(31)13-21/h3-15,38H,16H2,1-2H3,(H,34,36). The minimum absolute atomic E-state index is 0.152. The van der Waals surface area contributed by atoms with Crippen molar-refractivity contribution in [2.45, 2.75) is 11.4 Å². The smallest absolute Gasteiger partial charge is 0.262 e. The minimum Gasteiger partial charge on any atom is -0.497 e. The molecule has 3 heterocycles. The number of pyridine rings is 1. The molecule has 0 aliphatic rings. The number of fused-ring (bicyclic) bond motifs is 1. The van der Waals surface area contributed by atoms with Gasteiger partial charge in [0.2, 0.25) is 5.88 Å². The first kappa shape index (κ1) is 29.1. The number of anilines is 1. The van der Waals surface area contributed by atoms with Gasteiger partial charge in [0.05, 0.1) is 54.2 Å². The number of imidazole rings is 1. The van der Waals surface area contributed by atoms with Crippen molar-refractivity contribution in [2.75, 3.05) is 18.9 Å². The lowest BCUT2D eigenvalue weighted by molar-refractivity contribution is 0.394. The molecule has 0 aliphatic carbocycles. The number of benzene rings is 3. The monoisotopic (exact) mass is 636 g/mol. The van der Waals surface area contributed by atoms with Crippen LogP contribution in [0, 0.1) is 11.6 Å². The van der Waals surface area contributed by atoms with Gasteiger partial charge in [0.25, 0.3) is 10.0 Å². The average Bonchev–Trinajstić information content (AvgIpc) is 3.64. The molecule has 0 atom stereocenters. The van der Waals surface area contributed by atoms with Crippen LogP contribution in [0.2, 0.25) is 5.02 Å². The van der Waals surface area contributed by atoms with E-state index in [1.54, 1.807) is 24.1 Å². The predicted octanol–water partition coefficient (Wildman–Crippen LogP) is 6.29. The number of sulfonamides is 1. The van der Waals surface area contributed by atoms with Gasteiger partial charge in [-0.15, -0.1) is 5.10 Å². The Labute approximate surface area is 255 Å². The van der Waals surface area contributed by atoms with Gasteiger partial charge in [0, 0.05) is 16.8 Å². The second kappa shape index (κ2) is 11.6. The van der Waals surface area contributed by atoms with Crippen molar-refractivity contribution in [3.05, 3.63) is 101 Å². The summed E-state index contributed by atoms with van der Waals surface area (Å²) in [5, 5.41) is 5.34. The van der Waals surface area contributed by atoms with E-state index in [1.807, 2.05) is 24.3 Å². The maximum absolute atomic E-state index is 15.6. The van der Waals surface area contributed by atoms with Gasteiger partial charge in [-0.2, -0.15) is 0 Å². The van der Waals surface area contributed by atoms with E-state index in [0.29, 0.717) is 34.7 Å². The lowest BCUT2D eigenvalue weighted by Crippen LogP contribution is -2.14. The highest BCUT2D eigenvalue weighted by Gasteiger charge is 2.23. The van der Waals surface area contributed by atoms with Crippen LogP contribution in [0.1, 0.15) is 5.56 Å². The van der Waals surface area contributed by atoms with Crippen LogP contribution < -0.4 is 14.2 Å². The summed E-state index contributed by atoms with van der Waals surface area (Å²) in [6.07, 6.45) is 2.97. The van der Waals surface area contributed by atoms with Gasteiger partial charge < -0.3 is 14.5 Å². The summed E-state index contributed by atoms with van der Waals surface area (Å²) in [6, 6.07) is 16.8. The summed E-state index contributed by atoms with van der Waals surface area (Å²) in [7, 11) is -1.12. The van der Waals surface area contributed by atoms with Crippen LogP contribution in [0.5, 0.6) is 11.6 Å². The van der Waals surface area contributed by atoms with Gasteiger partial charge in [-0.05, 0) is 54.1 Å². The number of aromatic amines is 1. The highest BCUT2D eigenvalue weighted by atomic mass is 35.5. The fourth-order valence-corrected chi connectivity index (χ4v) is 5.98. The summed E-state index contributed by atoms with van der Waals surface area (Å²) in [4.78, 5) is 11.5. The number of hydrogen-bond acceptors (Lipinski definition) is 7. The zero-order valence-electron chi connectivity index (χ0n) is 23.2. The van der Waals surface area contributed by atoms with Crippen LogP contribution in [0.15, 0.2) is 84.0 Å². The van der Waals surface area contributed by atoms with E-state index in [-0.39, 0.29) is 15.7 Å². The van der Waals surface area contributed by atoms with Crippen molar-refractivity contribution < 1.29 is 26.7 Å². The summed E-state index contributed by atoms with van der Waals surface area (Å²) in [5.41, 5.74) is 1.50. The third kappa shape index (κ3) is 5.54. The van der Waals surface area contributed by atoms with Crippen LogP contribution in [0.4, 0.5) is 14.5 Å². The van der Waals surface area contributed by atoms with Crippen LogP contribution in [0.25, 0.3) is 33.7 Å².